The summed E-state index contributed by atoms with van der Waals surface area (Å²) in [5.74, 6) is -1.51. The van der Waals surface area contributed by atoms with Crippen LogP contribution in [0.25, 0.3) is 0 Å². The van der Waals surface area contributed by atoms with Crippen LogP contribution in [0.5, 0.6) is 0 Å². The summed E-state index contributed by atoms with van der Waals surface area (Å²) in [6.07, 6.45) is 0.906. The van der Waals surface area contributed by atoms with Crippen LogP contribution in [-0.4, -0.2) is 48.8 Å². The van der Waals surface area contributed by atoms with Crippen LogP contribution in [0.15, 0.2) is 0 Å². The van der Waals surface area contributed by atoms with Gasteiger partial charge in [0.15, 0.2) is 9.04 Å². The fraction of sp³-hybridized carbons (Fsp3) is 0.778. The van der Waals surface area contributed by atoms with Crippen molar-refractivity contribution in [2.75, 3.05) is 13.1 Å². The second-order valence-electron chi connectivity index (χ2n) is 4.07. The number of likely N-dealkylation sites (tertiary alicyclic amines) is 1. The van der Waals surface area contributed by atoms with Gasteiger partial charge in [-0.1, -0.05) is 0 Å². The number of aliphatic carboxylic acids is 1. The van der Waals surface area contributed by atoms with Crippen LogP contribution < -0.4 is 0 Å². The first-order valence-electron chi connectivity index (χ1n) is 5.19. The highest BCUT2D eigenvalue weighted by atomic mass is 28.3. The quantitative estimate of drug-likeness (QED) is 0.634. The third-order valence-corrected chi connectivity index (χ3v) is 3.86. The van der Waals surface area contributed by atoms with Gasteiger partial charge in [0, 0.05) is 19.5 Å². The number of hydrogen-bond donors (Lipinski definition) is 2. The van der Waals surface area contributed by atoms with E-state index in [2.05, 4.69) is 0 Å². The molecule has 0 spiro atoms. The van der Waals surface area contributed by atoms with E-state index in [0.717, 1.165) is 12.5 Å². The molecule has 15 heavy (non-hydrogen) atoms. The first-order valence-corrected chi connectivity index (χ1v) is 7.68. The maximum Gasteiger partial charge on any atom is 0.308 e. The molecule has 6 heteroatoms. The molecule has 86 valence electrons. The summed E-state index contributed by atoms with van der Waals surface area (Å²) < 4.78 is 0. The first-order chi connectivity index (χ1) is 7.00. The Balaban J connectivity index is 2.31. The molecule has 1 rings (SSSR count). The van der Waals surface area contributed by atoms with E-state index in [1.807, 2.05) is 6.55 Å². The van der Waals surface area contributed by atoms with Crippen LogP contribution in [0, 0.1) is 5.92 Å². The number of carbonyl (C=O) groups excluding carboxylic acids is 1. The summed E-state index contributed by atoms with van der Waals surface area (Å²) in [4.78, 5) is 32.8. The van der Waals surface area contributed by atoms with Crippen molar-refractivity contribution in [2.45, 2.75) is 25.4 Å². The standard InChI is InChI=1S/C9H17NO4Si/c1-15(14)4-2-3-10-6-7(9(12)13)5-8(10)11/h7,14-15H,2-6H2,1H3,(H,12,13). The number of amides is 1. The average molecular weight is 231 g/mol. The lowest BCUT2D eigenvalue weighted by atomic mass is 10.1. The fourth-order valence-electron chi connectivity index (χ4n) is 1.73. The van der Waals surface area contributed by atoms with Crippen molar-refractivity contribution in [3.8, 4) is 0 Å². The molecule has 0 radical (unpaired) electrons. The third-order valence-electron chi connectivity index (χ3n) is 2.61. The zero-order valence-corrected chi connectivity index (χ0v) is 10.0. The number of carboxylic acids is 1. The van der Waals surface area contributed by atoms with E-state index < -0.39 is 20.9 Å². The van der Waals surface area contributed by atoms with Crippen molar-refractivity contribution in [3.63, 3.8) is 0 Å². The molecular formula is C9H17NO4Si. The Morgan fingerprint density at radius 1 is 1.67 bits per heavy atom. The van der Waals surface area contributed by atoms with E-state index in [1.54, 1.807) is 4.90 Å². The number of hydrogen-bond acceptors (Lipinski definition) is 3. The molecular weight excluding hydrogens is 214 g/mol. The molecule has 2 atom stereocenters. The third kappa shape index (κ3) is 3.64. The molecule has 0 aliphatic carbocycles. The van der Waals surface area contributed by atoms with Crippen LogP contribution >= 0.6 is 0 Å². The van der Waals surface area contributed by atoms with Crippen molar-refractivity contribution in [2.24, 2.45) is 5.92 Å². The molecule has 0 bridgehead atoms. The van der Waals surface area contributed by atoms with E-state index >= 15 is 0 Å². The number of carboxylic acid groups (broad SMARTS) is 1. The van der Waals surface area contributed by atoms with Gasteiger partial charge < -0.3 is 14.8 Å². The zero-order valence-electron chi connectivity index (χ0n) is 8.85. The molecule has 2 unspecified atom stereocenters. The van der Waals surface area contributed by atoms with Gasteiger partial charge >= 0.3 is 5.97 Å². The van der Waals surface area contributed by atoms with Gasteiger partial charge in [0.1, 0.15) is 0 Å². The van der Waals surface area contributed by atoms with Gasteiger partial charge in [0.05, 0.1) is 5.92 Å². The van der Waals surface area contributed by atoms with Gasteiger partial charge in [-0.05, 0) is 19.0 Å². The van der Waals surface area contributed by atoms with E-state index in [9.17, 15) is 14.4 Å². The van der Waals surface area contributed by atoms with Gasteiger partial charge in [0.25, 0.3) is 0 Å². The molecule has 1 aliphatic heterocycles. The lowest BCUT2D eigenvalue weighted by Gasteiger charge is -2.15. The van der Waals surface area contributed by atoms with Crippen molar-refractivity contribution >= 4 is 20.9 Å². The summed E-state index contributed by atoms with van der Waals surface area (Å²) in [5.41, 5.74) is 0. The highest BCUT2D eigenvalue weighted by Gasteiger charge is 2.33. The molecule has 1 saturated heterocycles. The highest BCUT2D eigenvalue weighted by Crippen LogP contribution is 2.18. The van der Waals surface area contributed by atoms with Crippen LogP contribution in [0.3, 0.4) is 0 Å². The normalized spacial score (nSPS) is 23.2. The second kappa shape index (κ2) is 5.27. The molecule has 1 aliphatic rings. The van der Waals surface area contributed by atoms with Gasteiger partial charge in [0.2, 0.25) is 5.91 Å². The maximum absolute atomic E-state index is 11.4. The Hall–Kier alpha value is -0.883. The molecule has 2 N–H and O–H groups in total. The molecule has 0 saturated carbocycles. The monoisotopic (exact) mass is 231 g/mol. The van der Waals surface area contributed by atoms with Crippen LogP contribution in [0.4, 0.5) is 0 Å². The largest absolute Gasteiger partial charge is 0.481 e. The molecule has 1 heterocycles. The molecule has 0 aromatic carbocycles. The number of carbonyl (C=O) groups is 2. The van der Waals surface area contributed by atoms with Crippen LogP contribution in [-0.2, 0) is 9.59 Å². The minimum atomic E-state index is -1.54. The lowest BCUT2D eigenvalue weighted by molar-refractivity contribution is -0.141. The van der Waals surface area contributed by atoms with Gasteiger partial charge in [-0.3, -0.25) is 9.59 Å². The summed E-state index contributed by atoms with van der Waals surface area (Å²) >= 11 is 0. The van der Waals surface area contributed by atoms with Gasteiger partial charge in [-0.2, -0.15) is 0 Å². The minimum Gasteiger partial charge on any atom is -0.481 e. The van der Waals surface area contributed by atoms with E-state index in [1.165, 1.54) is 0 Å². The predicted octanol–water partition coefficient (Wildman–Crippen LogP) is -0.345. The molecule has 5 nitrogen and oxygen atoms in total. The Labute approximate surface area is 90.4 Å². The summed E-state index contributed by atoms with van der Waals surface area (Å²) in [6, 6.07) is 0.779. The van der Waals surface area contributed by atoms with E-state index in [4.69, 9.17) is 5.11 Å². The Kier molecular flexibility index (Phi) is 4.28. The fourth-order valence-corrected chi connectivity index (χ4v) is 2.50. The molecule has 1 fully saturated rings. The Morgan fingerprint density at radius 2 is 2.33 bits per heavy atom. The van der Waals surface area contributed by atoms with E-state index in [0.29, 0.717) is 13.1 Å². The Bertz CT molecular complexity index is 256. The average Bonchev–Trinajstić information content (AvgIpc) is 2.47. The van der Waals surface area contributed by atoms with Crippen LogP contribution in [0.1, 0.15) is 12.8 Å². The predicted molar refractivity (Wildman–Crippen MR) is 57.0 cm³/mol. The Morgan fingerprint density at radius 3 is 2.80 bits per heavy atom. The summed E-state index contributed by atoms with van der Waals surface area (Å²) in [6.45, 7) is 2.75. The second-order valence-corrected chi connectivity index (χ2v) is 6.35. The van der Waals surface area contributed by atoms with E-state index in [-0.39, 0.29) is 12.3 Å². The SMILES string of the molecule is C[SiH](O)CCCN1CC(C(=O)O)CC1=O. The van der Waals surface area contributed by atoms with Crippen molar-refractivity contribution in [1.29, 1.82) is 0 Å². The molecule has 1 amide bonds. The highest BCUT2D eigenvalue weighted by molar-refractivity contribution is 6.48. The van der Waals surface area contributed by atoms with Crippen LogP contribution in [0.2, 0.25) is 12.6 Å². The zero-order chi connectivity index (χ0) is 11.4. The molecule has 0 aromatic heterocycles. The smallest absolute Gasteiger partial charge is 0.308 e. The van der Waals surface area contributed by atoms with Gasteiger partial charge in [-0.15, -0.1) is 0 Å². The minimum absolute atomic E-state index is 0.0744. The number of nitrogens with zero attached hydrogens (tertiary/aromatic N) is 1. The molecule has 0 aromatic rings. The summed E-state index contributed by atoms with van der Waals surface area (Å²) in [5, 5.41) is 8.75. The van der Waals surface area contributed by atoms with Crippen molar-refractivity contribution in [3.05, 3.63) is 0 Å². The first kappa shape index (κ1) is 12.2. The lowest BCUT2D eigenvalue weighted by Crippen LogP contribution is -2.28. The van der Waals surface area contributed by atoms with Crippen molar-refractivity contribution in [1.82, 2.24) is 4.90 Å². The topological polar surface area (TPSA) is 77.8 Å². The van der Waals surface area contributed by atoms with Crippen molar-refractivity contribution < 1.29 is 19.5 Å². The summed E-state index contributed by atoms with van der Waals surface area (Å²) in [7, 11) is -1.54. The maximum atomic E-state index is 11.4. The van der Waals surface area contributed by atoms with Gasteiger partial charge in [-0.25, -0.2) is 0 Å². The number of rotatable bonds is 5.